The van der Waals surface area contributed by atoms with E-state index in [-0.39, 0.29) is 11.5 Å². The van der Waals surface area contributed by atoms with E-state index in [1.165, 1.54) is 13.3 Å². The highest BCUT2D eigenvalue weighted by atomic mass is 16.6. The zero-order valence-corrected chi connectivity index (χ0v) is 10.8. The number of hydrogen-bond donors (Lipinski definition) is 1. The second kappa shape index (κ2) is 5.17. The van der Waals surface area contributed by atoms with Gasteiger partial charge in [0, 0.05) is 0 Å². The molecule has 3 unspecified atom stereocenters. The fraction of sp³-hybridized carbons (Fsp3) is 0.923. The topological polar surface area (TPSA) is 46.5 Å². The van der Waals surface area contributed by atoms with Gasteiger partial charge in [0.05, 0.1) is 0 Å². The Kier molecular flexibility index (Phi) is 4.36. The number of aliphatic hydroxyl groups excluding tert-OH is 1. The summed E-state index contributed by atoms with van der Waals surface area (Å²) in [6.45, 7) is 8.16. The van der Waals surface area contributed by atoms with E-state index in [1.807, 2.05) is 0 Å². The van der Waals surface area contributed by atoms with Crippen LogP contribution in [0.2, 0.25) is 0 Å². The molecule has 0 aliphatic heterocycles. The van der Waals surface area contributed by atoms with Crippen LogP contribution in [0.5, 0.6) is 0 Å². The summed E-state index contributed by atoms with van der Waals surface area (Å²) in [7, 11) is 0. The predicted molar refractivity (Wildman–Crippen MR) is 63.0 cm³/mol. The minimum absolute atomic E-state index is 0.0109. The molecule has 0 radical (unpaired) electrons. The first-order valence-corrected chi connectivity index (χ1v) is 6.24. The number of ether oxygens (including phenoxy) is 1. The molecule has 0 amide bonds. The number of esters is 1. The van der Waals surface area contributed by atoms with E-state index in [4.69, 9.17) is 9.84 Å². The van der Waals surface area contributed by atoms with Gasteiger partial charge >= 0.3 is 5.97 Å². The molecular weight excluding hydrogens is 204 g/mol. The van der Waals surface area contributed by atoms with Gasteiger partial charge in [-0.3, -0.25) is 0 Å². The van der Waals surface area contributed by atoms with Crippen molar-refractivity contribution in [1.29, 1.82) is 0 Å². The quantitative estimate of drug-likeness (QED) is 0.755. The third kappa shape index (κ3) is 3.21. The minimum Gasteiger partial charge on any atom is -0.460 e. The van der Waals surface area contributed by atoms with E-state index < -0.39 is 12.1 Å². The highest BCUT2D eigenvalue weighted by Gasteiger charge is 2.36. The zero-order chi connectivity index (χ0) is 12.3. The van der Waals surface area contributed by atoms with E-state index >= 15 is 0 Å². The Morgan fingerprint density at radius 3 is 2.56 bits per heavy atom. The maximum absolute atomic E-state index is 11.3. The molecule has 3 atom stereocenters. The van der Waals surface area contributed by atoms with Crippen molar-refractivity contribution in [1.82, 2.24) is 0 Å². The van der Waals surface area contributed by atoms with Gasteiger partial charge in [-0.1, -0.05) is 20.8 Å². The Morgan fingerprint density at radius 1 is 1.44 bits per heavy atom. The molecule has 1 fully saturated rings. The molecule has 0 aromatic rings. The first kappa shape index (κ1) is 13.5. The Balaban J connectivity index is 2.54. The summed E-state index contributed by atoms with van der Waals surface area (Å²) in [6, 6.07) is 0. The lowest BCUT2D eigenvalue weighted by Gasteiger charge is -2.41. The van der Waals surface area contributed by atoms with Gasteiger partial charge in [0.15, 0.2) is 0 Å². The van der Waals surface area contributed by atoms with Crippen molar-refractivity contribution in [2.24, 2.45) is 11.3 Å². The van der Waals surface area contributed by atoms with Gasteiger partial charge in [0.25, 0.3) is 0 Å². The van der Waals surface area contributed by atoms with Gasteiger partial charge < -0.3 is 9.84 Å². The van der Waals surface area contributed by atoms with Gasteiger partial charge in [-0.25, -0.2) is 4.79 Å². The second-order valence-electron chi connectivity index (χ2n) is 5.64. The van der Waals surface area contributed by atoms with E-state index in [1.54, 1.807) is 0 Å². The molecule has 1 aliphatic carbocycles. The summed E-state index contributed by atoms with van der Waals surface area (Å²) in [5.41, 5.74) is 0.266. The van der Waals surface area contributed by atoms with Crippen molar-refractivity contribution in [3.63, 3.8) is 0 Å². The van der Waals surface area contributed by atoms with E-state index in [0.29, 0.717) is 5.92 Å². The SMILES string of the molecule is CC(O)C(=O)OC1CCCC(C)(C(C)C)C1. The van der Waals surface area contributed by atoms with Crippen molar-refractivity contribution in [2.75, 3.05) is 0 Å². The molecule has 16 heavy (non-hydrogen) atoms. The van der Waals surface area contributed by atoms with Crippen LogP contribution in [0.4, 0.5) is 0 Å². The van der Waals surface area contributed by atoms with Gasteiger partial charge in [0.2, 0.25) is 0 Å². The number of carbonyl (C=O) groups is 1. The molecule has 0 spiro atoms. The van der Waals surface area contributed by atoms with E-state index in [2.05, 4.69) is 20.8 Å². The highest BCUT2D eigenvalue weighted by Crippen LogP contribution is 2.42. The molecule has 1 N–H and O–H groups in total. The molecule has 0 heterocycles. The molecule has 0 aromatic heterocycles. The molecular formula is C13H24O3. The normalized spacial score (nSPS) is 32.5. The first-order chi connectivity index (χ1) is 7.35. The van der Waals surface area contributed by atoms with Crippen LogP contribution in [0.15, 0.2) is 0 Å². The van der Waals surface area contributed by atoms with Crippen molar-refractivity contribution < 1.29 is 14.6 Å². The van der Waals surface area contributed by atoms with Crippen molar-refractivity contribution in [3.8, 4) is 0 Å². The van der Waals surface area contributed by atoms with Crippen LogP contribution in [0.1, 0.15) is 53.4 Å². The van der Waals surface area contributed by atoms with Crippen molar-refractivity contribution >= 4 is 5.97 Å². The second-order valence-corrected chi connectivity index (χ2v) is 5.64. The Hall–Kier alpha value is -0.570. The molecule has 1 aliphatic rings. The highest BCUT2D eigenvalue weighted by molar-refractivity contribution is 5.73. The van der Waals surface area contributed by atoms with Crippen LogP contribution in [-0.4, -0.2) is 23.3 Å². The minimum atomic E-state index is -1.01. The Bertz CT molecular complexity index is 248. The number of aliphatic hydroxyl groups is 1. The lowest BCUT2D eigenvalue weighted by atomic mass is 9.67. The number of carbonyl (C=O) groups excluding carboxylic acids is 1. The summed E-state index contributed by atoms with van der Waals surface area (Å²) in [4.78, 5) is 11.3. The third-order valence-electron chi connectivity index (χ3n) is 3.99. The van der Waals surface area contributed by atoms with Crippen molar-refractivity contribution in [3.05, 3.63) is 0 Å². The Morgan fingerprint density at radius 2 is 2.06 bits per heavy atom. The summed E-state index contributed by atoms with van der Waals surface area (Å²) >= 11 is 0. The molecule has 3 heteroatoms. The molecule has 3 nitrogen and oxygen atoms in total. The largest absolute Gasteiger partial charge is 0.460 e. The molecule has 1 saturated carbocycles. The first-order valence-electron chi connectivity index (χ1n) is 6.24. The summed E-state index contributed by atoms with van der Waals surface area (Å²) in [6.07, 6.45) is 3.14. The summed E-state index contributed by atoms with van der Waals surface area (Å²) < 4.78 is 5.31. The van der Waals surface area contributed by atoms with Crippen molar-refractivity contribution in [2.45, 2.75) is 65.6 Å². The fourth-order valence-electron chi connectivity index (χ4n) is 2.35. The smallest absolute Gasteiger partial charge is 0.334 e. The van der Waals surface area contributed by atoms with Crippen LogP contribution in [0, 0.1) is 11.3 Å². The van der Waals surface area contributed by atoms with Crippen LogP contribution in [0.25, 0.3) is 0 Å². The lowest BCUT2D eigenvalue weighted by molar-refractivity contribution is -0.162. The fourth-order valence-corrected chi connectivity index (χ4v) is 2.35. The summed E-state index contributed by atoms with van der Waals surface area (Å²) in [5, 5.41) is 9.12. The average Bonchev–Trinajstić information content (AvgIpc) is 2.17. The van der Waals surface area contributed by atoms with Gasteiger partial charge in [0.1, 0.15) is 12.2 Å². The molecule has 0 saturated heterocycles. The molecule has 94 valence electrons. The van der Waals surface area contributed by atoms with Gasteiger partial charge in [-0.2, -0.15) is 0 Å². The predicted octanol–water partition coefficient (Wildman–Crippen LogP) is 2.52. The maximum atomic E-state index is 11.3. The number of rotatable bonds is 3. The molecule has 0 aromatic carbocycles. The van der Waals surface area contributed by atoms with Crippen LogP contribution in [0.3, 0.4) is 0 Å². The standard InChI is InChI=1S/C13H24O3/c1-9(2)13(4)7-5-6-11(8-13)16-12(15)10(3)14/h9-11,14H,5-8H2,1-4H3. The van der Waals surface area contributed by atoms with Gasteiger partial charge in [-0.15, -0.1) is 0 Å². The zero-order valence-electron chi connectivity index (χ0n) is 10.8. The van der Waals surface area contributed by atoms with E-state index in [0.717, 1.165) is 19.3 Å². The Labute approximate surface area is 98.2 Å². The monoisotopic (exact) mass is 228 g/mol. The molecule has 0 bridgehead atoms. The average molecular weight is 228 g/mol. The van der Waals surface area contributed by atoms with Gasteiger partial charge in [-0.05, 0) is 43.9 Å². The molecule has 1 rings (SSSR count). The maximum Gasteiger partial charge on any atom is 0.334 e. The third-order valence-corrected chi connectivity index (χ3v) is 3.99. The van der Waals surface area contributed by atoms with E-state index in [9.17, 15) is 4.79 Å². The lowest BCUT2D eigenvalue weighted by Crippen LogP contribution is -2.37. The summed E-state index contributed by atoms with van der Waals surface area (Å²) in [5.74, 6) is 0.110. The van der Waals surface area contributed by atoms with Crippen LogP contribution < -0.4 is 0 Å². The van der Waals surface area contributed by atoms with Crippen LogP contribution in [-0.2, 0) is 9.53 Å². The van der Waals surface area contributed by atoms with Crippen LogP contribution >= 0.6 is 0 Å². The number of hydrogen-bond acceptors (Lipinski definition) is 3.